The number of halogens is 2. The number of anilines is 1. The van der Waals surface area contributed by atoms with Crippen LogP contribution in [0, 0.1) is 0 Å². The minimum atomic E-state index is -4.70. The van der Waals surface area contributed by atoms with Crippen molar-refractivity contribution in [1.82, 2.24) is 0 Å². The number of azo groups is 1. The van der Waals surface area contributed by atoms with Gasteiger partial charge >= 0.3 is 29.6 Å². The van der Waals surface area contributed by atoms with E-state index in [1.54, 1.807) is 37.3 Å². The number of nitrogens with zero attached hydrogens (tertiary/aromatic N) is 2. The Hall–Kier alpha value is -2.70. The number of carbonyl (C=O) groups excluding carboxylic acids is 1. The second kappa shape index (κ2) is 12.6. The number of benzene rings is 4. The first kappa shape index (κ1) is 30.8. The van der Waals surface area contributed by atoms with Gasteiger partial charge in [-0.25, -0.2) is 0 Å². The fraction of sp³-hybridized carbons (Fsp3) is 0.115. The molecule has 0 radical (unpaired) electrons. The molecule has 0 aliphatic rings. The van der Waals surface area contributed by atoms with E-state index >= 15 is 0 Å². The van der Waals surface area contributed by atoms with E-state index < -0.39 is 26.7 Å². The first-order chi connectivity index (χ1) is 18.0. The van der Waals surface area contributed by atoms with Gasteiger partial charge in [-0.05, 0) is 41.6 Å². The minimum absolute atomic E-state index is 0. The van der Waals surface area contributed by atoms with Gasteiger partial charge in [-0.2, -0.15) is 13.5 Å². The fourth-order valence-corrected chi connectivity index (χ4v) is 5.04. The Kier molecular flexibility index (Phi) is 10.0. The van der Waals surface area contributed by atoms with Crippen LogP contribution in [0.2, 0.25) is 10.0 Å². The van der Waals surface area contributed by atoms with Crippen molar-refractivity contribution < 1.29 is 57.2 Å². The Bertz CT molecular complexity index is 1710. The van der Waals surface area contributed by atoms with Crippen molar-refractivity contribution in [3.05, 3.63) is 81.8 Å². The number of ether oxygens (including phenoxy) is 1. The van der Waals surface area contributed by atoms with Gasteiger partial charge in [0.2, 0.25) is 0 Å². The molecule has 0 aliphatic carbocycles. The quantitative estimate of drug-likeness (QED) is 0.189. The van der Waals surface area contributed by atoms with Crippen LogP contribution in [-0.4, -0.2) is 26.0 Å². The van der Waals surface area contributed by atoms with Gasteiger partial charge in [-0.15, -0.1) is 5.11 Å². The first-order valence-electron chi connectivity index (χ1n) is 11.1. The van der Waals surface area contributed by atoms with Gasteiger partial charge in [0, 0.05) is 27.7 Å². The summed E-state index contributed by atoms with van der Waals surface area (Å²) in [5, 5.41) is 25.2. The van der Waals surface area contributed by atoms with Crippen LogP contribution in [0.1, 0.15) is 22.8 Å². The predicted octanol–water partition coefficient (Wildman–Crippen LogP) is 3.71. The average Bonchev–Trinajstić information content (AvgIpc) is 2.87. The van der Waals surface area contributed by atoms with Crippen molar-refractivity contribution >= 4 is 67.1 Å². The Morgan fingerprint density at radius 2 is 1.74 bits per heavy atom. The van der Waals surface area contributed by atoms with Gasteiger partial charge in [-0.1, -0.05) is 66.2 Å². The topological polar surface area (TPSA) is 140 Å². The number of nitrogens with one attached hydrogen (secondary N) is 1. The van der Waals surface area contributed by atoms with Gasteiger partial charge in [0.05, 0.1) is 17.8 Å². The number of fused-ring (bicyclic) bond motifs is 1. The zero-order valence-electron chi connectivity index (χ0n) is 21.0. The minimum Gasteiger partial charge on any atom is -0.870 e. The number of aryl methyl sites for hydroxylation is 1. The van der Waals surface area contributed by atoms with E-state index in [9.17, 15) is 22.9 Å². The number of carbonyl (C=O) groups is 1. The van der Waals surface area contributed by atoms with Gasteiger partial charge in [0.15, 0.2) is 0 Å². The van der Waals surface area contributed by atoms with E-state index in [1.165, 1.54) is 31.4 Å². The summed E-state index contributed by atoms with van der Waals surface area (Å²) < 4.78 is 38.7. The monoisotopic (exact) mass is 595 g/mol. The molecule has 0 aromatic heterocycles. The molecule has 196 valence electrons. The van der Waals surface area contributed by atoms with E-state index in [1.807, 2.05) is 0 Å². The second-order valence-corrected chi connectivity index (χ2v) is 10.3. The maximum Gasteiger partial charge on any atom is 1.00 e. The fourth-order valence-electron chi connectivity index (χ4n) is 3.79. The van der Waals surface area contributed by atoms with Crippen LogP contribution in [0.5, 0.6) is 11.5 Å². The Morgan fingerprint density at radius 3 is 2.41 bits per heavy atom. The summed E-state index contributed by atoms with van der Waals surface area (Å²) >= 11 is 12.4. The van der Waals surface area contributed by atoms with E-state index in [-0.39, 0.29) is 51.5 Å². The van der Waals surface area contributed by atoms with Crippen LogP contribution < -0.4 is 44.7 Å². The van der Waals surface area contributed by atoms with Gasteiger partial charge in [0.1, 0.15) is 16.3 Å². The number of hydrogen-bond donors (Lipinski definition) is 2. The standard InChI is InChI=1S/C26H21Cl2N3O6S.Na/c1-3-14-8-9-21(38(34,35)36)24(22(14)28)31-30-23-19-7-5-4-6-15(19)10-20(25(23)32)26(33)29-17-11-16(27)12-18(13-17)37-2;/h4-13,32H,3H2,1-2H3,(H,29,33)(H,34,35,36);/q;+1/p-1. The molecule has 0 unspecified atom stereocenters. The summed E-state index contributed by atoms with van der Waals surface area (Å²) in [5.41, 5.74) is 0.0930. The molecule has 1 amide bonds. The maximum absolute atomic E-state index is 13.4. The third-order valence-electron chi connectivity index (χ3n) is 5.65. The molecule has 0 spiro atoms. The molecule has 0 saturated heterocycles. The van der Waals surface area contributed by atoms with Crippen molar-refractivity contribution in [2.24, 2.45) is 10.2 Å². The van der Waals surface area contributed by atoms with Crippen molar-refractivity contribution in [1.29, 1.82) is 0 Å². The molecule has 2 N–H and O–H groups in total. The van der Waals surface area contributed by atoms with Crippen molar-refractivity contribution in [3.8, 4) is 11.5 Å². The van der Waals surface area contributed by atoms with E-state index in [4.69, 9.17) is 27.9 Å². The largest absolute Gasteiger partial charge is 1.00 e. The molecule has 0 saturated carbocycles. The van der Waals surface area contributed by atoms with Crippen molar-refractivity contribution in [2.45, 2.75) is 18.2 Å². The molecule has 9 nitrogen and oxygen atoms in total. The van der Waals surface area contributed by atoms with Gasteiger partial charge < -0.3 is 15.2 Å². The third kappa shape index (κ3) is 6.72. The Balaban J connectivity index is 0.00000420. The molecule has 0 bridgehead atoms. The molecule has 4 rings (SSSR count). The normalized spacial score (nSPS) is 11.4. The number of amides is 1. The summed E-state index contributed by atoms with van der Waals surface area (Å²) in [4.78, 5) is 12.6. The molecule has 4 aromatic rings. The number of rotatable bonds is 7. The molecule has 4 aromatic carbocycles. The predicted molar refractivity (Wildman–Crippen MR) is 144 cm³/mol. The molecule has 0 fully saturated rings. The molecule has 0 aliphatic heterocycles. The number of methoxy groups -OCH3 is 1. The molecule has 0 heterocycles. The van der Waals surface area contributed by atoms with E-state index in [0.717, 1.165) is 6.07 Å². The maximum atomic E-state index is 13.4. The summed E-state index contributed by atoms with van der Waals surface area (Å²) in [5.74, 6) is -1.08. The Morgan fingerprint density at radius 1 is 1.05 bits per heavy atom. The van der Waals surface area contributed by atoms with Crippen LogP contribution in [0.4, 0.5) is 17.1 Å². The summed E-state index contributed by atoms with van der Waals surface area (Å²) in [6.45, 7) is 1.80. The van der Waals surface area contributed by atoms with Crippen LogP contribution in [0.25, 0.3) is 10.8 Å². The van der Waals surface area contributed by atoms with Crippen LogP contribution in [0.15, 0.2) is 75.8 Å². The molecule has 39 heavy (non-hydrogen) atoms. The van der Waals surface area contributed by atoms with E-state index in [2.05, 4.69) is 15.5 Å². The molecule has 13 heteroatoms. The zero-order chi connectivity index (χ0) is 27.6. The summed E-state index contributed by atoms with van der Waals surface area (Å²) in [6.07, 6.45) is 0.451. The smallest absolute Gasteiger partial charge is 0.870 e. The second-order valence-electron chi connectivity index (χ2n) is 8.07. The van der Waals surface area contributed by atoms with E-state index in [0.29, 0.717) is 39.2 Å². The molecular formula is C26H20Cl2N3NaO6S. The third-order valence-corrected chi connectivity index (χ3v) is 7.18. The van der Waals surface area contributed by atoms with Gasteiger partial charge in [-0.3, -0.25) is 9.35 Å². The van der Waals surface area contributed by atoms with Crippen molar-refractivity contribution in [2.75, 3.05) is 12.4 Å². The molecular weight excluding hydrogens is 576 g/mol. The average molecular weight is 596 g/mol. The zero-order valence-corrected chi connectivity index (χ0v) is 25.4. The van der Waals surface area contributed by atoms with Crippen LogP contribution in [0.3, 0.4) is 0 Å². The SMILES string of the molecule is CCc1ccc(S(=O)(=O)O)c(N=Nc2c([O-])c(C(=O)Nc3cc(Cl)cc(OC)c3)cc3ccccc23)c1Cl.[Na+]. The molecule has 0 atom stereocenters. The van der Waals surface area contributed by atoms with Crippen LogP contribution >= 0.6 is 23.2 Å². The van der Waals surface area contributed by atoms with Crippen LogP contribution in [-0.2, 0) is 16.5 Å². The first-order valence-corrected chi connectivity index (χ1v) is 13.3. The van der Waals surface area contributed by atoms with Gasteiger partial charge in [0.25, 0.3) is 16.0 Å². The summed E-state index contributed by atoms with van der Waals surface area (Å²) in [7, 11) is -3.26. The Labute approximate surface area is 256 Å². The van der Waals surface area contributed by atoms with Crippen molar-refractivity contribution in [3.63, 3.8) is 0 Å². The number of hydrogen-bond acceptors (Lipinski definition) is 7. The summed E-state index contributed by atoms with van der Waals surface area (Å²) in [6, 6.07) is 15.3.